The lowest BCUT2D eigenvalue weighted by molar-refractivity contribution is -0.0285. The van der Waals surface area contributed by atoms with E-state index in [9.17, 15) is 0 Å². The molecule has 0 amide bonds. The molecule has 1 heterocycles. The fourth-order valence-corrected chi connectivity index (χ4v) is 3.79. The zero-order valence-electron chi connectivity index (χ0n) is 12.1. The molecule has 1 aliphatic heterocycles. The number of ether oxygens (including phenoxy) is 1. The minimum absolute atomic E-state index is 0.0369. The predicted molar refractivity (Wildman–Crippen MR) is 78.0 cm³/mol. The van der Waals surface area contributed by atoms with Gasteiger partial charge in [0.25, 0.3) is 0 Å². The fourth-order valence-electron chi connectivity index (χ4n) is 3.79. The highest BCUT2D eigenvalue weighted by Crippen LogP contribution is 2.41. The molecule has 1 aromatic rings. The van der Waals surface area contributed by atoms with E-state index in [0.717, 1.165) is 25.7 Å². The molecule has 2 atom stereocenters. The quantitative estimate of drug-likeness (QED) is 0.882. The number of benzene rings is 1. The number of hydrogen-bond donors (Lipinski definition) is 1. The van der Waals surface area contributed by atoms with E-state index in [1.807, 2.05) is 0 Å². The Morgan fingerprint density at radius 2 is 2.05 bits per heavy atom. The molecule has 1 fully saturated rings. The summed E-state index contributed by atoms with van der Waals surface area (Å²) in [7, 11) is 0. The lowest BCUT2D eigenvalue weighted by Crippen LogP contribution is -2.43. The second-order valence-electron chi connectivity index (χ2n) is 6.91. The lowest BCUT2D eigenvalue weighted by Gasteiger charge is -2.38. The van der Waals surface area contributed by atoms with Gasteiger partial charge in [-0.2, -0.15) is 0 Å². The van der Waals surface area contributed by atoms with Gasteiger partial charge in [-0.05, 0) is 63.5 Å². The molecular weight excluding hydrogens is 234 g/mol. The molecule has 3 rings (SSSR count). The van der Waals surface area contributed by atoms with E-state index in [4.69, 9.17) is 10.5 Å². The van der Waals surface area contributed by atoms with Gasteiger partial charge in [0.15, 0.2) is 0 Å². The zero-order chi connectivity index (χ0) is 13.5. The molecule has 0 bridgehead atoms. The maximum atomic E-state index is 6.76. The predicted octanol–water partition coefficient (Wildman–Crippen LogP) is 3.52. The number of rotatable bonds is 2. The summed E-state index contributed by atoms with van der Waals surface area (Å²) >= 11 is 0. The van der Waals surface area contributed by atoms with Crippen molar-refractivity contribution in [2.75, 3.05) is 0 Å². The van der Waals surface area contributed by atoms with Crippen LogP contribution in [0, 0.1) is 0 Å². The highest BCUT2D eigenvalue weighted by Gasteiger charge is 2.39. The number of hydrogen-bond acceptors (Lipinski definition) is 2. The Bertz CT molecular complexity index is 468. The molecule has 2 aliphatic rings. The smallest absolute Gasteiger partial charge is 0.0631 e. The Labute approximate surface area is 116 Å². The minimum Gasteiger partial charge on any atom is -0.372 e. The Morgan fingerprint density at radius 1 is 1.26 bits per heavy atom. The van der Waals surface area contributed by atoms with Crippen LogP contribution in [0.25, 0.3) is 0 Å². The van der Waals surface area contributed by atoms with Crippen LogP contribution in [0.3, 0.4) is 0 Å². The first-order valence-electron chi connectivity index (χ1n) is 7.54. The second-order valence-corrected chi connectivity index (χ2v) is 6.91. The number of aryl methyl sites for hydroxylation is 1. The monoisotopic (exact) mass is 259 g/mol. The van der Waals surface area contributed by atoms with E-state index in [-0.39, 0.29) is 11.1 Å². The van der Waals surface area contributed by atoms with Gasteiger partial charge in [-0.3, -0.25) is 0 Å². The van der Waals surface area contributed by atoms with Gasteiger partial charge in [-0.15, -0.1) is 0 Å². The van der Waals surface area contributed by atoms with Crippen LogP contribution in [-0.2, 0) is 16.7 Å². The maximum Gasteiger partial charge on any atom is 0.0631 e. The normalized spacial score (nSPS) is 33.1. The van der Waals surface area contributed by atoms with Crippen molar-refractivity contribution in [3.63, 3.8) is 0 Å². The summed E-state index contributed by atoms with van der Waals surface area (Å²) in [6.45, 7) is 4.37. The van der Waals surface area contributed by atoms with E-state index in [1.165, 1.54) is 24.0 Å². The summed E-state index contributed by atoms with van der Waals surface area (Å²) in [5.74, 6) is 0. The zero-order valence-corrected chi connectivity index (χ0v) is 12.1. The SMILES string of the molecule is CC1(C)CCC(CC2(N)CCCc3ccccc32)O1. The van der Waals surface area contributed by atoms with Gasteiger partial charge >= 0.3 is 0 Å². The first-order valence-corrected chi connectivity index (χ1v) is 7.54. The van der Waals surface area contributed by atoms with Crippen molar-refractivity contribution in [2.45, 2.75) is 69.6 Å². The minimum atomic E-state index is -0.181. The summed E-state index contributed by atoms with van der Waals surface area (Å²) in [6, 6.07) is 8.69. The molecule has 0 spiro atoms. The van der Waals surface area contributed by atoms with Crippen LogP contribution >= 0.6 is 0 Å². The van der Waals surface area contributed by atoms with Crippen molar-refractivity contribution in [3.05, 3.63) is 35.4 Å². The average molecular weight is 259 g/mol. The van der Waals surface area contributed by atoms with Crippen molar-refractivity contribution < 1.29 is 4.74 Å². The maximum absolute atomic E-state index is 6.76. The van der Waals surface area contributed by atoms with Crippen LogP contribution < -0.4 is 5.73 Å². The summed E-state index contributed by atoms with van der Waals surface area (Å²) < 4.78 is 6.15. The lowest BCUT2D eigenvalue weighted by atomic mass is 9.74. The summed E-state index contributed by atoms with van der Waals surface area (Å²) in [5, 5.41) is 0. The van der Waals surface area contributed by atoms with Crippen LogP contribution in [0.1, 0.15) is 57.1 Å². The Hall–Kier alpha value is -0.860. The van der Waals surface area contributed by atoms with Crippen LogP contribution in [0.5, 0.6) is 0 Å². The van der Waals surface area contributed by atoms with Gasteiger partial charge in [0.05, 0.1) is 11.7 Å². The molecule has 2 N–H and O–H groups in total. The first-order chi connectivity index (χ1) is 8.99. The van der Waals surface area contributed by atoms with Crippen molar-refractivity contribution >= 4 is 0 Å². The highest BCUT2D eigenvalue weighted by atomic mass is 16.5. The van der Waals surface area contributed by atoms with Crippen molar-refractivity contribution in [3.8, 4) is 0 Å². The van der Waals surface area contributed by atoms with Gasteiger partial charge in [-0.1, -0.05) is 24.3 Å². The summed E-state index contributed by atoms with van der Waals surface area (Å²) in [5.41, 5.74) is 9.41. The van der Waals surface area contributed by atoms with Gasteiger partial charge in [0.1, 0.15) is 0 Å². The third-order valence-corrected chi connectivity index (χ3v) is 4.77. The fraction of sp³-hybridized carbons (Fsp3) is 0.647. The molecule has 2 heteroatoms. The van der Waals surface area contributed by atoms with Gasteiger partial charge in [0, 0.05) is 5.54 Å². The van der Waals surface area contributed by atoms with E-state index < -0.39 is 0 Å². The average Bonchev–Trinajstić information content (AvgIpc) is 2.69. The highest BCUT2D eigenvalue weighted by molar-refractivity contribution is 5.36. The first kappa shape index (κ1) is 13.1. The molecule has 104 valence electrons. The van der Waals surface area contributed by atoms with Crippen LogP contribution in [-0.4, -0.2) is 11.7 Å². The van der Waals surface area contributed by atoms with Gasteiger partial charge < -0.3 is 10.5 Å². The third kappa shape index (κ3) is 2.56. The molecule has 1 aliphatic carbocycles. The standard InChI is InChI=1S/C17H25NO/c1-16(2)11-9-14(19-16)12-17(18)10-5-7-13-6-3-4-8-15(13)17/h3-4,6,8,14H,5,7,9-12,18H2,1-2H3. The topological polar surface area (TPSA) is 35.2 Å². The van der Waals surface area contributed by atoms with Crippen LogP contribution in [0.4, 0.5) is 0 Å². The van der Waals surface area contributed by atoms with E-state index in [2.05, 4.69) is 38.1 Å². The largest absolute Gasteiger partial charge is 0.372 e. The van der Waals surface area contributed by atoms with Crippen molar-refractivity contribution in [1.82, 2.24) is 0 Å². The molecular formula is C17H25NO. The van der Waals surface area contributed by atoms with Crippen molar-refractivity contribution in [2.24, 2.45) is 5.73 Å². The van der Waals surface area contributed by atoms with Crippen molar-refractivity contribution in [1.29, 1.82) is 0 Å². The van der Waals surface area contributed by atoms with Gasteiger partial charge in [0.2, 0.25) is 0 Å². The summed E-state index contributed by atoms with van der Waals surface area (Å²) in [6.07, 6.45) is 7.04. The van der Waals surface area contributed by atoms with E-state index >= 15 is 0 Å². The van der Waals surface area contributed by atoms with E-state index in [0.29, 0.717) is 6.10 Å². The molecule has 2 nitrogen and oxygen atoms in total. The van der Waals surface area contributed by atoms with Crippen LogP contribution in [0.2, 0.25) is 0 Å². The molecule has 2 unspecified atom stereocenters. The van der Waals surface area contributed by atoms with Gasteiger partial charge in [-0.25, -0.2) is 0 Å². The number of fused-ring (bicyclic) bond motifs is 1. The Kier molecular flexibility index (Phi) is 3.18. The Balaban J connectivity index is 1.81. The molecule has 1 saturated heterocycles. The molecule has 0 radical (unpaired) electrons. The number of nitrogens with two attached hydrogens (primary N) is 1. The second kappa shape index (κ2) is 4.60. The molecule has 0 aromatic heterocycles. The summed E-state index contributed by atoms with van der Waals surface area (Å²) in [4.78, 5) is 0. The Morgan fingerprint density at radius 3 is 2.79 bits per heavy atom. The molecule has 1 aromatic carbocycles. The molecule has 19 heavy (non-hydrogen) atoms. The van der Waals surface area contributed by atoms with Crippen LogP contribution in [0.15, 0.2) is 24.3 Å². The molecule has 0 saturated carbocycles. The third-order valence-electron chi connectivity index (χ3n) is 4.77. The van der Waals surface area contributed by atoms with E-state index in [1.54, 1.807) is 0 Å².